The maximum atomic E-state index is 16.3. The molecular weight excluding hydrogens is 489 g/mol. The summed E-state index contributed by atoms with van der Waals surface area (Å²) in [4.78, 5) is 15.8. The molecule has 1 atom stereocenters. The van der Waals surface area contributed by atoms with E-state index in [1.807, 2.05) is 12.1 Å². The zero-order valence-electron chi connectivity index (χ0n) is 19.0. The number of aromatic nitrogens is 3. The van der Waals surface area contributed by atoms with Crippen LogP contribution in [0.15, 0.2) is 24.3 Å². The number of nitrogen functional groups attached to an aromatic ring is 1. The van der Waals surface area contributed by atoms with Crippen molar-refractivity contribution in [2.24, 2.45) is 0 Å². The van der Waals surface area contributed by atoms with E-state index in [4.69, 9.17) is 27.1 Å². The van der Waals surface area contributed by atoms with E-state index in [0.29, 0.717) is 34.0 Å². The number of ether oxygens (including phenoxy) is 1. The maximum absolute atomic E-state index is 16.3. The number of rotatable bonds is 5. The fraction of sp³-hybridized carbons (Fsp3) is 0.375. The minimum atomic E-state index is -0.519. The maximum Gasteiger partial charge on any atom is 0.319 e. The summed E-state index contributed by atoms with van der Waals surface area (Å²) in [5.74, 6) is 0.114. The summed E-state index contributed by atoms with van der Waals surface area (Å²) in [7, 11) is 0. The Morgan fingerprint density at radius 1 is 1.17 bits per heavy atom. The average molecular weight is 514 g/mol. The van der Waals surface area contributed by atoms with Crippen LogP contribution in [0.2, 0.25) is 5.02 Å². The molecule has 2 fully saturated rings. The second kappa shape index (κ2) is 9.34. The van der Waals surface area contributed by atoms with Crippen molar-refractivity contribution in [2.45, 2.75) is 18.9 Å². The van der Waals surface area contributed by atoms with Gasteiger partial charge < -0.3 is 26.0 Å². The van der Waals surface area contributed by atoms with E-state index in [0.717, 1.165) is 50.3 Å². The van der Waals surface area contributed by atoms with Gasteiger partial charge in [-0.3, -0.25) is 0 Å². The van der Waals surface area contributed by atoms with Crippen molar-refractivity contribution in [3.8, 4) is 17.1 Å². The zero-order valence-corrected chi connectivity index (χ0v) is 20.6. The Balaban J connectivity index is 1.51. The van der Waals surface area contributed by atoms with Crippen molar-refractivity contribution in [1.82, 2.24) is 25.6 Å². The lowest BCUT2D eigenvalue weighted by molar-refractivity contribution is 0.258. The molecule has 11 heteroatoms. The number of para-hydroxylation sites is 1. The van der Waals surface area contributed by atoms with Gasteiger partial charge in [-0.2, -0.15) is 9.97 Å². The quantitative estimate of drug-likeness (QED) is 0.370. The molecule has 0 amide bonds. The lowest BCUT2D eigenvalue weighted by atomic mass is 10.0. The van der Waals surface area contributed by atoms with E-state index >= 15 is 4.39 Å². The molecule has 2 saturated heterocycles. The van der Waals surface area contributed by atoms with Crippen molar-refractivity contribution in [3.63, 3.8) is 0 Å². The third-order valence-electron chi connectivity index (χ3n) is 6.54. The molecule has 0 spiro atoms. The Hall–Kier alpha value is -2.79. The Kier molecular flexibility index (Phi) is 6.05. The molecule has 35 heavy (non-hydrogen) atoms. The lowest BCUT2D eigenvalue weighted by Crippen LogP contribution is -2.44. The van der Waals surface area contributed by atoms with E-state index in [9.17, 15) is 0 Å². The first-order valence-electron chi connectivity index (χ1n) is 11.8. The number of piperazine rings is 1. The topological polar surface area (TPSA) is 101 Å². The third-order valence-corrected chi connectivity index (χ3v) is 7.69. The van der Waals surface area contributed by atoms with Crippen LogP contribution in [0.3, 0.4) is 0 Å². The van der Waals surface area contributed by atoms with E-state index in [1.54, 1.807) is 12.1 Å². The number of benzene rings is 2. The normalized spacial score (nSPS) is 18.6. The number of halogens is 2. The van der Waals surface area contributed by atoms with Gasteiger partial charge in [-0.1, -0.05) is 35.1 Å². The monoisotopic (exact) mass is 513 g/mol. The van der Waals surface area contributed by atoms with Gasteiger partial charge in [0.2, 0.25) is 0 Å². The van der Waals surface area contributed by atoms with Crippen LogP contribution in [0.25, 0.3) is 32.2 Å². The zero-order chi connectivity index (χ0) is 23.9. The molecule has 4 N–H and O–H groups in total. The summed E-state index contributed by atoms with van der Waals surface area (Å²) >= 11 is 8.08. The first-order valence-corrected chi connectivity index (χ1v) is 12.9. The van der Waals surface area contributed by atoms with Gasteiger partial charge >= 0.3 is 6.01 Å². The third kappa shape index (κ3) is 4.24. The number of thiazole rings is 1. The summed E-state index contributed by atoms with van der Waals surface area (Å²) in [6.07, 6.45) is 2.15. The molecule has 0 aliphatic carbocycles. The van der Waals surface area contributed by atoms with Crippen LogP contribution >= 0.6 is 22.9 Å². The van der Waals surface area contributed by atoms with Crippen LogP contribution in [0.4, 0.5) is 15.3 Å². The Morgan fingerprint density at radius 2 is 2.03 bits per heavy atom. The standard InChI is InChI=1S/C24H25ClFN7OS/c25-16-11-15-21(19(26)18(16)14-4-1-5-17-20(14)30-23(27)35-17)31-24(34-12-13-3-2-6-29-13)32-22(15)33-9-7-28-8-10-33/h1,4-5,11,13,28-29H,2-3,6-10,12H2,(H2,27,30)/t13-/m0/s1. The molecule has 4 heterocycles. The number of nitrogens with one attached hydrogen (secondary N) is 2. The van der Waals surface area contributed by atoms with Gasteiger partial charge in [-0.25, -0.2) is 9.37 Å². The second-order valence-corrected chi connectivity index (χ2v) is 10.3. The van der Waals surface area contributed by atoms with Crippen molar-refractivity contribution < 1.29 is 9.13 Å². The van der Waals surface area contributed by atoms with Crippen LogP contribution in [0, 0.1) is 5.82 Å². The van der Waals surface area contributed by atoms with Crippen molar-refractivity contribution in [1.29, 1.82) is 0 Å². The highest BCUT2D eigenvalue weighted by Crippen LogP contribution is 2.42. The van der Waals surface area contributed by atoms with Gasteiger partial charge in [0.1, 0.15) is 17.9 Å². The molecule has 2 aromatic heterocycles. The SMILES string of the molecule is Nc1nc2c(-c3c(Cl)cc4c(N5CCNCC5)nc(OC[C@@H]5CCCN5)nc4c3F)cccc2s1. The summed E-state index contributed by atoms with van der Waals surface area (Å²) in [6.45, 7) is 4.53. The van der Waals surface area contributed by atoms with E-state index < -0.39 is 5.82 Å². The van der Waals surface area contributed by atoms with Crippen LogP contribution in [-0.4, -0.2) is 60.3 Å². The van der Waals surface area contributed by atoms with Crippen LogP contribution in [0.5, 0.6) is 6.01 Å². The van der Waals surface area contributed by atoms with E-state index in [-0.39, 0.29) is 28.2 Å². The van der Waals surface area contributed by atoms with Crippen LogP contribution in [0.1, 0.15) is 12.8 Å². The summed E-state index contributed by atoms with van der Waals surface area (Å²) in [6, 6.07) is 7.74. The minimum absolute atomic E-state index is 0.169. The average Bonchev–Trinajstić information content (AvgIpc) is 3.52. The predicted octanol–water partition coefficient (Wildman–Crippen LogP) is 3.82. The predicted molar refractivity (Wildman–Crippen MR) is 139 cm³/mol. The molecule has 0 radical (unpaired) electrons. The first-order chi connectivity index (χ1) is 17.1. The largest absolute Gasteiger partial charge is 0.462 e. The van der Waals surface area contributed by atoms with Gasteiger partial charge in [0.15, 0.2) is 10.9 Å². The number of nitrogens with zero attached hydrogens (tertiary/aromatic N) is 4. The van der Waals surface area contributed by atoms with Gasteiger partial charge in [0, 0.05) is 48.7 Å². The van der Waals surface area contributed by atoms with Crippen LogP contribution in [-0.2, 0) is 0 Å². The second-order valence-electron chi connectivity index (χ2n) is 8.82. The Labute approximate surface area is 210 Å². The minimum Gasteiger partial charge on any atom is -0.462 e. The van der Waals surface area contributed by atoms with Gasteiger partial charge in [-0.05, 0) is 31.5 Å². The lowest BCUT2D eigenvalue weighted by Gasteiger charge is -2.29. The Bertz CT molecular complexity index is 1400. The molecule has 2 aliphatic rings. The molecule has 0 bridgehead atoms. The van der Waals surface area contributed by atoms with Gasteiger partial charge in [0.25, 0.3) is 0 Å². The van der Waals surface area contributed by atoms with Crippen LogP contribution < -0.4 is 26.0 Å². The fourth-order valence-electron chi connectivity index (χ4n) is 4.83. The number of fused-ring (bicyclic) bond motifs is 2. The summed E-state index contributed by atoms with van der Waals surface area (Å²) in [5.41, 5.74) is 7.58. The Morgan fingerprint density at radius 3 is 2.83 bits per heavy atom. The number of hydrogen-bond donors (Lipinski definition) is 3. The molecule has 0 unspecified atom stereocenters. The molecule has 182 valence electrons. The molecule has 8 nitrogen and oxygen atoms in total. The summed E-state index contributed by atoms with van der Waals surface area (Å²) in [5, 5.41) is 8.01. The highest BCUT2D eigenvalue weighted by atomic mass is 35.5. The number of anilines is 2. The van der Waals surface area contributed by atoms with E-state index in [2.05, 4.69) is 25.5 Å². The van der Waals surface area contributed by atoms with Crippen molar-refractivity contribution >= 4 is 55.0 Å². The number of hydrogen-bond acceptors (Lipinski definition) is 9. The van der Waals surface area contributed by atoms with E-state index in [1.165, 1.54) is 11.3 Å². The first kappa shape index (κ1) is 22.7. The molecule has 6 rings (SSSR count). The van der Waals surface area contributed by atoms with Crippen molar-refractivity contribution in [2.75, 3.05) is 50.0 Å². The van der Waals surface area contributed by atoms with Gasteiger partial charge in [-0.15, -0.1) is 0 Å². The smallest absolute Gasteiger partial charge is 0.319 e. The fourth-order valence-corrected chi connectivity index (χ4v) is 5.89. The summed E-state index contributed by atoms with van der Waals surface area (Å²) < 4.78 is 23.1. The molecule has 0 saturated carbocycles. The highest BCUT2D eigenvalue weighted by Gasteiger charge is 2.25. The number of nitrogens with two attached hydrogens (primary N) is 1. The molecule has 4 aromatic rings. The molecule has 2 aromatic carbocycles. The molecular formula is C24H25ClFN7OS. The van der Waals surface area contributed by atoms with Crippen molar-refractivity contribution in [3.05, 3.63) is 35.1 Å². The molecule has 2 aliphatic heterocycles. The highest BCUT2D eigenvalue weighted by molar-refractivity contribution is 7.22. The van der Waals surface area contributed by atoms with Gasteiger partial charge in [0.05, 0.1) is 15.2 Å².